The quantitative estimate of drug-likeness (QED) is 0.805. The molecule has 0 aromatic carbocycles. The smallest absolute Gasteiger partial charge is 0.356 e. The summed E-state index contributed by atoms with van der Waals surface area (Å²) in [5.74, 6) is 1.46. The Morgan fingerprint density at radius 3 is 2.56 bits per heavy atom. The van der Waals surface area contributed by atoms with E-state index < -0.39 is 5.97 Å². The summed E-state index contributed by atoms with van der Waals surface area (Å²) in [5, 5.41) is 0. The van der Waals surface area contributed by atoms with E-state index in [1.165, 1.54) is 7.11 Å². The molecule has 5 heteroatoms. The van der Waals surface area contributed by atoms with Crippen molar-refractivity contribution < 1.29 is 9.53 Å². The van der Waals surface area contributed by atoms with E-state index in [2.05, 4.69) is 28.5 Å². The Morgan fingerprint density at radius 2 is 2.00 bits per heavy atom. The minimum atomic E-state index is -0.434. The first-order valence-electron chi connectivity index (χ1n) is 6.12. The van der Waals surface area contributed by atoms with Crippen LogP contribution in [0.5, 0.6) is 0 Å². The van der Waals surface area contributed by atoms with E-state index >= 15 is 0 Å². The normalized spacial score (nSPS) is 23.2. The van der Waals surface area contributed by atoms with Gasteiger partial charge < -0.3 is 15.4 Å². The van der Waals surface area contributed by atoms with Crippen LogP contribution in [0.2, 0.25) is 0 Å². The van der Waals surface area contributed by atoms with Crippen molar-refractivity contribution in [1.29, 1.82) is 0 Å². The van der Waals surface area contributed by atoms with Crippen LogP contribution in [0, 0.1) is 11.8 Å². The molecule has 0 saturated carbocycles. The van der Waals surface area contributed by atoms with Crippen LogP contribution in [0.1, 0.15) is 24.3 Å². The number of hydrogen-bond donors (Lipinski definition) is 1. The van der Waals surface area contributed by atoms with Crippen molar-refractivity contribution in [3.63, 3.8) is 0 Å². The molecule has 2 rings (SSSR count). The summed E-state index contributed by atoms with van der Waals surface area (Å²) in [4.78, 5) is 17.9. The van der Waals surface area contributed by atoms with Crippen LogP contribution in [0.4, 0.5) is 11.5 Å². The first kappa shape index (κ1) is 12.7. The lowest BCUT2D eigenvalue weighted by Crippen LogP contribution is -2.23. The molecule has 1 aliphatic heterocycles. The molecule has 1 aromatic heterocycles. The summed E-state index contributed by atoms with van der Waals surface area (Å²) in [5.41, 5.74) is 6.85. The molecule has 98 valence electrons. The van der Waals surface area contributed by atoms with Gasteiger partial charge in [0.2, 0.25) is 0 Å². The van der Waals surface area contributed by atoms with E-state index in [4.69, 9.17) is 5.73 Å². The molecule has 1 saturated heterocycles. The van der Waals surface area contributed by atoms with E-state index in [0.29, 0.717) is 29.0 Å². The summed E-state index contributed by atoms with van der Waals surface area (Å²) >= 11 is 0. The summed E-state index contributed by atoms with van der Waals surface area (Å²) < 4.78 is 4.68. The molecule has 5 nitrogen and oxygen atoms in total. The van der Waals surface area contributed by atoms with Gasteiger partial charge in [-0.3, -0.25) is 0 Å². The van der Waals surface area contributed by atoms with Crippen LogP contribution in [0.15, 0.2) is 12.1 Å². The number of nitrogen functional groups attached to an aromatic ring is 1. The van der Waals surface area contributed by atoms with Crippen LogP contribution >= 0.6 is 0 Å². The lowest BCUT2D eigenvalue weighted by Gasteiger charge is -2.19. The number of carbonyl (C=O) groups excluding carboxylic acids is 1. The Bertz CT molecular complexity index is 452. The fraction of sp³-hybridized carbons (Fsp3) is 0.538. The molecule has 2 N–H and O–H groups in total. The van der Waals surface area contributed by atoms with Crippen molar-refractivity contribution in [3.8, 4) is 0 Å². The van der Waals surface area contributed by atoms with E-state index in [9.17, 15) is 4.79 Å². The standard InChI is InChI=1S/C13H19N3O2/c1-8-6-16(7-9(8)2)12-10(14)4-5-11(15-12)13(17)18-3/h4-5,8-9H,6-7,14H2,1-3H3. The molecule has 2 unspecified atom stereocenters. The molecule has 2 heterocycles. The Hall–Kier alpha value is -1.78. The number of ether oxygens (including phenoxy) is 1. The predicted octanol–water partition coefficient (Wildman–Crippen LogP) is 1.54. The lowest BCUT2D eigenvalue weighted by molar-refractivity contribution is 0.0594. The molecule has 2 atom stereocenters. The number of pyridine rings is 1. The SMILES string of the molecule is COC(=O)c1ccc(N)c(N2CC(C)C(C)C2)n1. The fourth-order valence-corrected chi connectivity index (χ4v) is 2.23. The third kappa shape index (κ3) is 2.25. The first-order valence-corrected chi connectivity index (χ1v) is 6.12. The van der Waals surface area contributed by atoms with Gasteiger partial charge in [0.25, 0.3) is 0 Å². The van der Waals surface area contributed by atoms with Crippen LogP contribution in [-0.4, -0.2) is 31.2 Å². The third-order valence-corrected chi connectivity index (χ3v) is 3.59. The van der Waals surface area contributed by atoms with Gasteiger partial charge in [0.05, 0.1) is 12.8 Å². The highest BCUT2D eigenvalue weighted by Gasteiger charge is 2.28. The average Bonchev–Trinajstić information content (AvgIpc) is 2.69. The van der Waals surface area contributed by atoms with Gasteiger partial charge in [0, 0.05) is 13.1 Å². The number of esters is 1. The Morgan fingerprint density at radius 1 is 1.39 bits per heavy atom. The molecule has 0 radical (unpaired) electrons. The summed E-state index contributed by atoms with van der Waals surface area (Å²) in [6.07, 6.45) is 0. The van der Waals surface area contributed by atoms with Gasteiger partial charge in [-0.15, -0.1) is 0 Å². The average molecular weight is 249 g/mol. The zero-order valence-electron chi connectivity index (χ0n) is 11.0. The third-order valence-electron chi connectivity index (χ3n) is 3.59. The molecular formula is C13H19N3O2. The zero-order chi connectivity index (χ0) is 13.3. The van der Waals surface area contributed by atoms with Crippen molar-refractivity contribution in [1.82, 2.24) is 4.98 Å². The number of hydrogen-bond acceptors (Lipinski definition) is 5. The minimum absolute atomic E-state index is 0.300. The van der Waals surface area contributed by atoms with Crippen molar-refractivity contribution in [3.05, 3.63) is 17.8 Å². The second-order valence-electron chi connectivity index (χ2n) is 4.96. The van der Waals surface area contributed by atoms with Crippen LogP contribution < -0.4 is 10.6 Å². The molecular weight excluding hydrogens is 230 g/mol. The largest absolute Gasteiger partial charge is 0.464 e. The Kier molecular flexibility index (Phi) is 3.41. The minimum Gasteiger partial charge on any atom is -0.464 e. The molecule has 1 aromatic rings. The lowest BCUT2D eigenvalue weighted by atomic mass is 10.0. The number of rotatable bonds is 2. The van der Waals surface area contributed by atoms with Gasteiger partial charge in [-0.25, -0.2) is 9.78 Å². The predicted molar refractivity (Wildman–Crippen MR) is 70.5 cm³/mol. The first-order chi connectivity index (χ1) is 8.52. The van der Waals surface area contributed by atoms with Crippen LogP contribution in [-0.2, 0) is 4.74 Å². The maximum atomic E-state index is 11.5. The molecule has 1 fully saturated rings. The van der Waals surface area contributed by atoms with E-state index in [1.807, 2.05) is 0 Å². The highest BCUT2D eigenvalue weighted by atomic mass is 16.5. The highest BCUT2D eigenvalue weighted by Crippen LogP contribution is 2.30. The van der Waals surface area contributed by atoms with Gasteiger partial charge in [-0.1, -0.05) is 13.8 Å². The molecule has 1 aliphatic rings. The molecule has 0 spiro atoms. The Labute approximate surface area is 107 Å². The van der Waals surface area contributed by atoms with Gasteiger partial charge in [-0.2, -0.15) is 0 Å². The molecule has 18 heavy (non-hydrogen) atoms. The summed E-state index contributed by atoms with van der Waals surface area (Å²) in [7, 11) is 1.35. The maximum absolute atomic E-state index is 11.5. The topological polar surface area (TPSA) is 68.5 Å². The number of nitrogens with zero attached hydrogens (tertiary/aromatic N) is 2. The Balaban J connectivity index is 2.30. The van der Waals surface area contributed by atoms with Gasteiger partial charge in [0.1, 0.15) is 0 Å². The highest BCUT2D eigenvalue weighted by molar-refractivity contribution is 5.88. The van der Waals surface area contributed by atoms with Gasteiger partial charge in [0.15, 0.2) is 11.5 Å². The number of anilines is 2. The number of nitrogens with two attached hydrogens (primary N) is 1. The van der Waals surface area contributed by atoms with Crippen molar-refractivity contribution in [2.75, 3.05) is 30.8 Å². The van der Waals surface area contributed by atoms with Gasteiger partial charge >= 0.3 is 5.97 Å². The molecule has 0 bridgehead atoms. The van der Waals surface area contributed by atoms with Crippen molar-refractivity contribution in [2.45, 2.75) is 13.8 Å². The maximum Gasteiger partial charge on any atom is 0.356 e. The van der Waals surface area contributed by atoms with Crippen molar-refractivity contribution in [2.24, 2.45) is 11.8 Å². The summed E-state index contributed by atoms with van der Waals surface area (Å²) in [6, 6.07) is 3.30. The second-order valence-corrected chi connectivity index (χ2v) is 4.96. The summed E-state index contributed by atoms with van der Waals surface area (Å²) in [6.45, 7) is 6.27. The van der Waals surface area contributed by atoms with Crippen molar-refractivity contribution >= 4 is 17.5 Å². The van der Waals surface area contributed by atoms with E-state index in [0.717, 1.165) is 13.1 Å². The molecule has 0 aliphatic carbocycles. The van der Waals surface area contributed by atoms with E-state index in [-0.39, 0.29) is 0 Å². The van der Waals surface area contributed by atoms with E-state index in [1.54, 1.807) is 12.1 Å². The van der Waals surface area contributed by atoms with Crippen LogP contribution in [0.3, 0.4) is 0 Å². The fourth-order valence-electron chi connectivity index (χ4n) is 2.23. The monoisotopic (exact) mass is 249 g/mol. The number of methoxy groups -OCH3 is 1. The van der Waals surface area contributed by atoms with Crippen LogP contribution in [0.25, 0.3) is 0 Å². The molecule has 0 amide bonds. The zero-order valence-corrected chi connectivity index (χ0v) is 11.0. The van der Waals surface area contributed by atoms with Gasteiger partial charge in [-0.05, 0) is 24.0 Å². The number of carbonyl (C=O) groups is 1. The second kappa shape index (κ2) is 4.84. The number of aromatic nitrogens is 1.